The van der Waals surface area contributed by atoms with Gasteiger partial charge in [0.25, 0.3) is 5.91 Å². The molecule has 0 atom stereocenters. The molecule has 1 aromatic rings. The Hall–Kier alpha value is -0.830. The number of hydrogen-bond donors (Lipinski definition) is 0. The standard InChI is InChI=1S/C12H17NOS/c1-9(2)7-13(11-3-4-11)12(14)10-5-6-15-8-10/h5-6,8-9,11H,3-4,7H2,1-2H3. The normalized spacial score (nSPS) is 15.7. The fourth-order valence-corrected chi connectivity index (χ4v) is 2.36. The first-order chi connectivity index (χ1) is 7.18. The van der Waals surface area contributed by atoms with E-state index in [4.69, 9.17) is 0 Å². The van der Waals surface area contributed by atoms with Crippen LogP contribution >= 0.6 is 11.3 Å². The summed E-state index contributed by atoms with van der Waals surface area (Å²) < 4.78 is 0. The maximum atomic E-state index is 12.2. The lowest BCUT2D eigenvalue weighted by Crippen LogP contribution is -2.35. The second kappa shape index (κ2) is 4.35. The summed E-state index contributed by atoms with van der Waals surface area (Å²) in [4.78, 5) is 14.2. The molecular weight excluding hydrogens is 206 g/mol. The van der Waals surface area contributed by atoms with E-state index < -0.39 is 0 Å². The minimum absolute atomic E-state index is 0.215. The smallest absolute Gasteiger partial charge is 0.254 e. The van der Waals surface area contributed by atoms with Crippen molar-refractivity contribution in [3.05, 3.63) is 22.4 Å². The predicted octanol–water partition coefficient (Wildman–Crippen LogP) is 3.01. The number of hydrogen-bond acceptors (Lipinski definition) is 2. The van der Waals surface area contributed by atoms with Crippen LogP contribution in [-0.2, 0) is 0 Å². The third kappa shape index (κ3) is 2.59. The SMILES string of the molecule is CC(C)CN(C(=O)c1ccsc1)C1CC1. The molecule has 1 fully saturated rings. The lowest BCUT2D eigenvalue weighted by atomic mass is 10.2. The average molecular weight is 223 g/mol. The van der Waals surface area contributed by atoms with Gasteiger partial charge in [0.2, 0.25) is 0 Å². The van der Waals surface area contributed by atoms with Gasteiger partial charge in [0.05, 0.1) is 5.56 Å². The summed E-state index contributed by atoms with van der Waals surface area (Å²) >= 11 is 1.59. The lowest BCUT2D eigenvalue weighted by Gasteiger charge is -2.23. The third-order valence-electron chi connectivity index (χ3n) is 2.58. The average Bonchev–Trinajstić information content (AvgIpc) is 2.88. The van der Waals surface area contributed by atoms with Gasteiger partial charge in [0.1, 0.15) is 0 Å². The monoisotopic (exact) mass is 223 g/mol. The molecule has 2 nitrogen and oxygen atoms in total. The number of thiophene rings is 1. The van der Waals surface area contributed by atoms with E-state index in [-0.39, 0.29) is 5.91 Å². The number of carbonyl (C=O) groups is 1. The van der Waals surface area contributed by atoms with Gasteiger partial charge in [0.15, 0.2) is 0 Å². The van der Waals surface area contributed by atoms with Crippen LogP contribution in [0.25, 0.3) is 0 Å². The fourth-order valence-electron chi connectivity index (χ4n) is 1.73. The van der Waals surface area contributed by atoms with Gasteiger partial charge in [-0.3, -0.25) is 4.79 Å². The van der Waals surface area contributed by atoms with Crippen LogP contribution in [0.1, 0.15) is 37.0 Å². The highest BCUT2D eigenvalue weighted by molar-refractivity contribution is 7.08. The quantitative estimate of drug-likeness (QED) is 0.768. The highest BCUT2D eigenvalue weighted by atomic mass is 32.1. The van der Waals surface area contributed by atoms with Crippen molar-refractivity contribution in [2.45, 2.75) is 32.7 Å². The molecule has 15 heavy (non-hydrogen) atoms. The summed E-state index contributed by atoms with van der Waals surface area (Å²) in [6, 6.07) is 2.43. The molecule has 1 heterocycles. The number of amides is 1. The van der Waals surface area contributed by atoms with Crippen molar-refractivity contribution in [2.75, 3.05) is 6.54 Å². The summed E-state index contributed by atoms with van der Waals surface area (Å²) in [5.41, 5.74) is 0.854. The lowest BCUT2D eigenvalue weighted by molar-refractivity contribution is 0.0723. The van der Waals surface area contributed by atoms with E-state index in [1.807, 2.05) is 21.7 Å². The van der Waals surface area contributed by atoms with Crippen LogP contribution in [0.15, 0.2) is 16.8 Å². The molecule has 2 rings (SSSR count). The third-order valence-corrected chi connectivity index (χ3v) is 3.26. The van der Waals surface area contributed by atoms with Crippen LogP contribution in [0.4, 0.5) is 0 Å². The zero-order chi connectivity index (χ0) is 10.8. The molecule has 1 aliphatic carbocycles. The zero-order valence-corrected chi connectivity index (χ0v) is 10.1. The molecule has 1 saturated carbocycles. The summed E-state index contributed by atoms with van der Waals surface area (Å²) in [5.74, 6) is 0.764. The fraction of sp³-hybridized carbons (Fsp3) is 0.583. The van der Waals surface area contributed by atoms with E-state index in [0.29, 0.717) is 12.0 Å². The van der Waals surface area contributed by atoms with Gasteiger partial charge in [-0.15, -0.1) is 0 Å². The van der Waals surface area contributed by atoms with Crippen LogP contribution in [0, 0.1) is 5.92 Å². The molecule has 1 amide bonds. The summed E-state index contributed by atoms with van der Waals surface area (Å²) in [5, 5.41) is 3.91. The van der Waals surface area contributed by atoms with Crippen molar-refractivity contribution in [2.24, 2.45) is 5.92 Å². The number of rotatable bonds is 4. The van der Waals surface area contributed by atoms with Gasteiger partial charge in [0, 0.05) is 18.0 Å². The van der Waals surface area contributed by atoms with Gasteiger partial charge < -0.3 is 4.90 Å². The highest BCUT2D eigenvalue weighted by Gasteiger charge is 2.33. The Balaban J connectivity index is 2.07. The molecule has 1 aliphatic rings. The first-order valence-electron chi connectivity index (χ1n) is 5.51. The Morgan fingerprint density at radius 3 is 2.80 bits per heavy atom. The molecule has 3 heteroatoms. The minimum atomic E-state index is 0.215. The van der Waals surface area contributed by atoms with Crippen molar-refractivity contribution in [3.8, 4) is 0 Å². The molecule has 1 aromatic heterocycles. The van der Waals surface area contributed by atoms with Gasteiger partial charge in [-0.2, -0.15) is 11.3 Å². The topological polar surface area (TPSA) is 20.3 Å². The van der Waals surface area contributed by atoms with Crippen molar-refractivity contribution in [3.63, 3.8) is 0 Å². The Bertz CT molecular complexity index is 327. The van der Waals surface area contributed by atoms with E-state index in [1.165, 1.54) is 12.8 Å². The van der Waals surface area contributed by atoms with E-state index >= 15 is 0 Å². The Morgan fingerprint density at radius 2 is 2.33 bits per heavy atom. The van der Waals surface area contributed by atoms with Crippen LogP contribution < -0.4 is 0 Å². The van der Waals surface area contributed by atoms with Crippen LogP contribution in [0.5, 0.6) is 0 Å². The van der Waals surface area contributed by atoms with E-state index in [1.54, 1.807) is 11.3 Å². The summed E-state index contributed by atoms with van der Waals surface area (Å²) in [7, 11) is 0. The van der Waals surface area contributed by atoms with Crippen molar-refractivity contribution in [1.82, 2.24) is 4.90 Å². The Morgan fingerprint density at radius 1 is 1.60 bits per heavy atom. The molecular formula is C12H17NOS. The molecule has 0 unspecified atom stereocenters. The number of nitrogens with zero attached hydrogens (tertiary/aromatic N) is 1. The number of carbonyl (C=O) groups excluding carboxylic acids is 1. The molecule has 0 radical (unpaired) electrons. The molecule has 0 spiro atoms. The van der Waals surface area contributed by atoms with E-state index in [0.717, 1.165) is 12.1 Å². The maximum absolute atomic E-state index is 12.2. The minimum Gasteiger partial charge on any atom is -0.335 e. The van der Waals surface area contributed by atoms with Gasteiger partial charge >= 0.3 is 0 Å². The summed E-state index contributed by atoms with van der Waals surface area (Å²) in [6.45, 7) is 5.21. The summed E-state index contributed by atoms with van der Waals surface area (Å²) in [6.07, 6.45) is 2.37. The highest BCUT2D eigenvalue weighted by Crippen LogP contribution is 2.29. The molecule has 0 aromatic carbocycles. The maximum Gasteiger partial charge on any atom is 0.254 e. The van der Waals surface area contributed by atoms with Crippen LogP contribution in [-0.4, -0.2) is 23.4 Å². The molecule has 0 N–H and O–H groups in total. The molecule has 0 saturated heterocycles. The van der Waals surface area contributed by atoms with Crippen molar-refractivity contribution in [1.29, 1.82) is 0 Å². The largest absolute Gasteiger partial charge is 0.335 e. The van der Waals surface area contributed by atoms with E-state index in [9.17, 15) is 4.79 Å². The Labute approximate surface area is 94.9 Å². The Kier molecular flexibility index (Phi) is 3.10. The molecule has 82 valence electrons. The second-order valence-electron chi connectivity index (χ2n) is 4.59. The van der Waals surface area contributed by atoms with Crippen LogP contribution in [0.3, 0.4) is 0 Å². The molecule has 0 aliphatic heterocycles. The predicted molar refractivity (Wildman–Crippen MR) is 63.2 cm³/mol. The zero-order valence-electron chi connectivity index (χ0n) is 9.27. The first kappa shape index (κ1) is 10.7. The van der Waals surface area contributed by atoms with Gasteiger partial charge in [-0.1, -0.05) is 13.8 Å². The van der Waals surface area contributed by atoms with Gasteiger partial charge in [-0.25, -0.2) is 0 Å². The van der Waals surface area contributed by atoms with Crippen molar-refractivity contribution >= 4 is 17.2 Å². The van der Waals surface area contributed by atoms with Gasteiger partial charge in [-0.05, 0) is 30.2 Å². The first-order valence-corrected chi connectivity index (χ1v) is 6.46. The van der Waals surface area contributed by atoms with Crippen molar-refractivity contribution < 1.29 is 4.79 Å². The second-order valence-corrected chi connectivity index (χ2v) is 5.37. The van der Waals surface area contributed by atoms with E-state index in [2.05, 4.69) is 13.8 Å². The molecule has 0 bridgehead atoms. The van der Waals surface area contributed by atoms with Crippen LogP contribution in [0.2, 0.25) is 0 Å².